The fourth-order valence-electron chi connectivity index (χ4n) is 1.74. The Morgan fingerprint density at radius 3 is 2.35 bits per heavy atom. The van der Waals surface area contributed by atoms with Crippen LogP contribution in [0.2, 0.25) is 0 Å². The monoisotopic (exact) mass is 237 g/mol. The molecule has 0 heterocycles. The van der Waals surface area contributed by atoms with Crippen LogP contribution < -0.4 is 0 Å². The Morgan fingerprint density at radius 2 is 1.88 bits per heavy atom. The van der Waals surface area contributed by atoms with Gasteiger partial charge >= 0.3 is 0 Å². The summed E-state index contributed by atoms with van der Waals surface area (Å²) in [5.41, 5.74) is -0.0297. The molecule has 1 aromatic rings. The molecule has 0 saturated heterocycles. The summed E-state index contributed by atoms with van der Waals surface area (Å²) in [7, 11) is 1.68. The normalized spacial score (nSPS) is 12.2. The largest absolute Gasteiger partial charge is 0.507 e. The smallest absolute Gasteiger partial charge is 0.261 e. The van der Waals surface area contributed by atoms with Crippen molar-refractivity contribution < 1.29 is 15.0 Å². The Labute approximate surface area is 101 Å². The highest BCUT2D eigenvalue weighted by Crippen LogP contribution is 2.28. The van der Waals surface area contributed by atoms with Crippen molar-refractivity contribution in [2.75, 3.05) is 7.05 Å². The maximum absolute atomic E-state index is 12.1. The van der Waals surface area contributed by atoms with Crippen LogP contribution >= 0.6 is 0 Å². The molecule has 1 amide bonds. The minimum Gasteiger partial charge on any atom is -0.507 e. The van der Waals surface area contributed by atoms with E-state index in [9.17, 15) is 15.0 Å². The third-order valence-electron chi connectivity index (χ3n) is 2.92. The van der Waals surface area contributed by atoms with Gasteiger partial charge in [0.1, 0.15) is 17.1 Å². The van der Waals surface area contributed by atoms with Crippen LogP contribution in [-0.2, 0) is 0 Å². The first-order valence-electron chi connectivity index (χ1n) is 5.77. The van der Waals surface area contributed by atoms with Crippen LogP contribution in [0.4, 0.5) is 0 Å². The van der Waals surface area contributed by atoms with E-state index in [0.717, 1.165) is 12.8 Å². The first-order valence-corrected chi connectivity index (χ1v) is 5.77. The lowest BCUT2D eigenvalue weighted by Crippen LogP contribution is -2.35. The zero-order valence-electron chi connectivity index (χ0n) is 10.5. The van der Waals surface area contributed by atoms with E-state index in [1.54, 1.807) is 7.05 Å². The zero-order chi connectivity index (χ0) is 13.0. The Morgan fingerprint density at radius 1 is 1.35 bits per heavy atom. The molecule has 4 heteroatoms. The Hall–Kier alpha value is -1.71. The van der Waals surface area contributed by atoms with E-state index < -0.39 is 0 Å². The summed E-state index contributed by atoms with van der Waals surface area (Å²) < 4.78 is 0. The van der Waals surface area contributed by atoms with Crippen LogP contribution in [0.25, 0.3) is 0 Å². The average molecular weight is 237 g/mol. The number of phenolic OH excluding ortho intramolecular Hbond substituents is 2. The summed E-state index contributed by atoms with van der Waals surface area (Å²) in [6, 6.07) is 4.36. The van der Waals surface area contributed by atoms with Gasteiger partial charge in [-0.15, -0.1) is 0 Å². The Bertz CT molecular complexity index is 383. The van der Waals surface area contributed by atoms with Gasteiger partial charge in [0.15, 0.2) is 0 Å². The van der Waals surface area contributed by atoms with E-state index in [-0.39, 0.29) is 29.0 Å². The third kappa shape index (κ3) is 2.90. The lowest BCUT2D eigenvalue weighted by molar-refractivity contribution is 0.0730. The fraction of sp³-hybridized carbons (Fsp3) is 0.462. The van der Waals surface area contributed by atoms with Crippen LogP contribution in [0.3, 0.4) is 0 Å². The molecule has 0 aromatic heterocycles. The number of hydrogen-bond donors (Lipinski definition) is 2. The van der Waals surface area contributed by atoms with Gasteiger partial charge in [-0.25, -0.2) is 0 Å². The third-order valence-corrected chi connectivity index (χ3v) is 2.92. The second kappa shape index (κ2) is 5.57. The zero-order valence-corrected chi connectivity index (χ0v) is 10.5. The number of phenols is 2. The molecule has 0 aliphatic rings. The second-order valence-corrected chi connectivity index (χ2v) is 4.23. The number of amides is 1. The summed E-state index contributed by atoms with van der Waals surface area (Å²) >= 11 is 0. The Kier molecular flexibility index (Phi) is 4.37. The van der Waals surface area contributed by atoms with Crippen molar-refractivity contribution in [1.82, 2.24) is 4.90 Å². The number of benzene rings is 1. The summed E-state index contributed by atoms with van der Waals surface area (Å²) in [5.74, 6) is -0.738. The van der Waals surface area contributed by atoms with Crippen molar-refractivity contribution in [3.05, 3.63) is 23.8 Å². The average Bonchev–Trinajstić information content (AvgIpc) is 2.27. The molecule has 2 N–H and O–H groups in total. The lowest BCUT2D eigenvalue weighted by Gasteiger charge is -2.25. The molecule has 0 bridgehead atoms. The lowest BCUT2D eigenvalue weighted by atomic mass is 10.1. The summed E-state index contributed by atoms with van der Waals surface area (Å²) in [6.07, 6.45) is 1.86. The molecule has 1 rings (SSSR count). The molecular formula is C13H19NO3. The molecule has 0 fully saturated rings. The number of carbonyl (C=O) groups is 1. The first-order chi connectivity index (χ1) is 7.99. The molecule has 17 heavy (non-hydrogen) atoms. The Balaban J connectivity index is 2.96. The van der Waals surface area contributed by atoms with Crippen molar-refractivity contribution in [2.24, 2.45) is 0 Å². The predicted molar refractivity (Wildman–Crippen MR) is 66.2 cm³/mol. The first kappa shape index (κ1) is 13.4. The van der Waals surface area contributed by atoms with Crippen LogP contribution in [0, 0.1) is 0 Å². The predicted octanol–water partition coefficient (Wildman–Crippen LogP) is 2.36. The minimum absolute atomic E-state index is 0.0297. The van der Waals surface area contributed by atoms with Gasteiger partial charge in [0, 0.05) is 13.1 Å². The number of carbonyl (C=O) groups excluding carboxylic acids is 1. The minimum atomic E-state index is -0.360. The maximum Gasteiger partial charge on any atom is 0.261 e. The van der Waals surface area contributed by atoms with Gasteiger partial charge in [-0.2, -0.15) is 0 Å². The van der Waals surface area contributed by atoms with E-state index in [1.807, 2.05) is 13.8 Å². The van der Waals surface area contributed by atoms with Gasteiger partial charge in [0.05, 0.1) is 0 Å². The van der Waals surface area contributed by atoms with Crippen LogP contribution in [0.15, 0.2) is 18.2 Å². The summed E-state index contributed by atoms with van der Waals surface area (Å²) in [5, 5.41) is 19.2. The highest BCUT2D eigenvalue weighted by atomic mass is 16.3. The van der Waals surface area contributed by atoms with Gasteiger partial charge in [0.25, 0.3) is 5.91 Å². The van der Waals surface area contributed by atoms with Crippen molar-refractivity contribution in [1.29, 1.82) is 0 Å². The van der Waals surface area contributed by atoms with Gasteiger partial charge < -0.3 is 15.1 Å². The van der Waals surface area contributed by atoms with E-state index in [4.69, 9.17) is 0 Å². The maximum atomic E-state index is 12.1. The van der Waals surface area contributed by atoms with E-state index in [1.165, 1.54) is 23.1 Å². The SMILES string of the molecule is CCCC(C)N(C)C(=O)c1c(O)cccc1O. The topological polar surface area (TPSA) is 60.8 Å². The van der Waals surface area contributed by atoms with Crippen molar-refractivity contribution in [2.45, 2.75) is 32.7 Å². The number of nitrogens with zero attached hydrogens (tertiary/aromatic N) is 1. The highest BCUT2D eigenvalue weighted by Gasteiger charge is 2.22. The second-order valence-electron chi connectivity index (χ2n) is 4.23. The standard InChI is InChI=1S/C13H19NO3/c1-4-6-9(2)14(3)13(17)12-10(15)7-5-8-11(12)16/h5,7-9,15-16H,4,6H2,1-3H3. The van der Waals surface area contributed by atoms with E-state index >= 15 is 0 Å². The van der Waals surface area contributed by atoms with E-state index in [0.29, 0.717) is 0 Å². The van der Waals surface area contributed by atoms with Crippen molar-refractivity contribution >= 4 is 5.91 Å². The molecule has 94 valence electrons. The van der Waals surface area contributed by atoms with Gasteiger partial charge in [0.2, 0.25) is 0 Å². The molecule has 0 aliphatic carbocycles. The molecule has 1 atom stereocenters. The molecule has 1 aromatic carbocycles. The van der Waals surface area contributed by atoms with Crippen LogP contribution in [-0.4, -0.2) is 34.1 Å². The molecule has 0 radical (unpaired) electrons. The van der Waals surface area contributed by atoms with Gasteiger partial charge in [-0.1, -0.05) is 19.4 Å². The number of hydrogen-bond acceptors (Lipinski definition) is 3. The number of rotatable bonds is 4. The number of aromatic hydroxyl groups is 2. The van der Waals surface area contributed by atoms with Crippen LogP contribution in [0.1, 0.15) is 37.0 Å². The molecular weight excluding hydrogens is 218 g/mol. The van der Waals surface area contributed by atoms with Crippen molar-refractivity contribution in [3.63, 3.8) is 0 Å². The molecule has 0 aliphatic heterocycles. The molecule has 0 spiro atoms. The quantitative estimate of drug-likeness (QED) is 0.845. The highest BCUT2D eigenvalue weighted by molar-refractivity contribution is 5.99. The molecule has 1 unspecified atom stereocenters. The van der Waals surface area contributed by atoms with E-state index in [2.05, 4.69) is 0 Å². The van der Waals surface area contributed by atoms with Gasteiger partial charge in [-0.05, 0) is 25.5 Å². The molecule has 4 nitrogen and oxygen atoms in total. The summed E-state index contributed by atoms with van der Waals surface area (Å²) in [6.45, 7) is 3.99. The fourth-order valence-corrected chi connectivity index (χ4v) is 1.74. The van der Waals surface area contributed by atoms with Crippen LogP contribution in [0.5, 0.6) is 11.5 Å². The van der Waals surface area contributed by atoms with Crippen molar-refractivity contribution in [3.8, 4) is 11.5 Å². The van der Waals surface area contributed by atoms with Gasteiger partial charge in [-0.3, -0.25) is 4.79 Å². The molecule has 0 saturated carbocycles. The summed E-state index contributed by atoms with van der Waals surface area (Å²) in [4.78, 5) is 13.6.